The molecule has 164 valence electrons. The number of likely N-dealkylation sites (tertiary alicyclic amines) is 1. The Morgan fingerprint density at radius 1 is 1.10 bits per heavy atom. The van der Waals surface area contributed by atoms with Gasteiger partial charge in [-0.25, -0.2) is 0 Å². The molecular formula is C24H28N2O5. The number of imide groups is 1. The molecule has 2 atom stereocenters. The lowest BCUT2D eigenvalue weighted by Crippen LogP contribution is -2.37. The maximum absolute atomic E-state index is 12.5. The Morgan fingerprint density at radius 3 is 2.32 bits per heavy atom. The Kier molecular flexibility index (Phi) is 5.45. The van der Waals surface area contributed by atoms with Crippen molar-refractivity contribution in [1.82, 2.24) is 4.90 Å². The smallest absolute Gasteiger partial charge is 0.326 e. The van der Waals surface area contributed by atoms with Crippen LogP contribution in [0.25, 0.3) is 0 Å². The number of benzene rings is 1. The summed E-state index contributed by atoms with van der Waals surface area (Å²) in [7, 11) is 1.91. The highest BCUT2D eigenvalue weighted by molar-refractivity contribution is 6.07. The van der Waals surface area contributed by atoms with Crippen molar-refractivity contribution in [3.05, 3.63) is 41.6 Å². The molecule has 4 rings (SSSR count). The van der Waals surface area contributed by atoms with Crippen molar-refractivity contribution in [3.8, 4) is 0 Å². The molecule has 2 unspecified atom stereocenters. The van der Waals surface area contributed by atoms with Crippen molar-refractivity contribution in [2.24, 2.45) is 11.8 Å². The molecule has 2 amide bonds. The minimum Gasteiger partial charge on any atom is -0.456 e. The molecule has 1 saturated carbocycles. The van der Waals surface area contributed by atoms with Crippen LogP contribution < -0.4 is 4.90 Å². The van der Waals surface area contributed by atoms with Crippen molar-refractivity contribution in [2.45, 2.75) is 44.9 Å². The summed E-state index contributed by atoms with van der Waals surface area (Å²) >= 11 is 0. The molecule has 0 spiro atoms. The highest BCUT2D eigenvalue weighted by atomic mass is 16.5. The highest BCUT2D eigenvalue weighted by Gasteiger charge is 2.48. The number of hydrogen-bond donors (Lipinski definition) is 0. The van der Waals surface area contributed by atoms with Gasteiger partial charge in [0.1, 0.15) is 6.54 Å². The first kappa shape index (κ1) is 21.3. The number of hydrogen-bond acceptors (Lipinski definition) is 6. The summed E-state index contributed by atoms with van der Waals surface area (Å²) in [6, 6.07) is 7.97. The van der Waals surface area contributed by atoms with Crippen molar-refractivity contribution in [2.75, 3.05) is 25.1 Å². The molecule has 31 heavy (non-hydrogen) atoms. The minimum atomic E-state index is -0.741. The van der Waals surface area contributed by atoms with Gasteiger partial charge in [-0.2, -0.15) is 0 Å². The van der Waals surface area contributed by atoms with E-state index in [9.17, 15) is 19.2 Å². The first-order valence-corrected chi connectivity index (χ1v) is 10.8. The van der Waals surface area contributed by atoms with Crippen LogP contribution in [0.5, 0.6) is 0 Å². The van der Waals surface area contributed by atoms with Gasteiger partial charge in [-0.1, -0.05) is 44.9 Å². The van der Waals surface area contributed by atoms with E-state index in [1.54, 1.807) is 0 Å². The van der Waals surface area contributed by atoms with E-state index in [0.717, 1.165) is 34.7 Å². The summed E-state index contributed by atoms with van der Waals surface area (Å²) in [6.07, 6.45) is 4.75. The Balaban J connectivity index is 1.37. The van der Waals surface area contributed by atoms with Crippen molar-refractivity contribution >= 4 is 29.3 Å². The van der Waals surface area contributed by atoms with Gasteiger partial charge >= 0.3 is 5.97 Å². The molecule has 0 radical (unpaired) electrons. The molecule has 2 heterocycles. The van der Waals surface area contributed by atoms with E-state index < -0.39 is 19.1 Å². The number of ether oxygens (including phenoxy) is 1. The Morgan fingerprint density at radius 2 is 1.71 bits per heavy atom. The van der Waals surface area contributed by atoms with E-state index in [-0.39, 0.29) is 34.8 Å². The molecule has 1 saturated heterocycles. The zero-order chi connectivity index (χ0) is 22.3. The number of carbonyl (C=O) groups excluding carboxylic acids is 4. The molecule has 7 nitrogen and oxygen atoms in total. The third-order valence-electron chi connectivity index (χ3n) is 6.83. The molecule has 1 aromatic rings. The van der Waals surface area contributed by atoms with Crippen LogP contribution in [0.15, 0.2) is 36.0 Å². The third-order valence-corrected chi connectivity index (χ3v) is 6.83. The summed E-state index contributed by atoms with van der Waals surface area (Å²) in [5.74, 6) is -2.26. The van der Waals surface area contributed by atoms with Crippen LogP contribution in [-0.4, -0.2) is 48.7 Å². The predicted octanol–water partition coefficient (Wildman–Crippen LogP) is 2.59. The SMILES string of the molecule is CN1/C(=C\C(=O)COC(=O)CN2C(=O)C3CCCCC3C2=O)C(C)(C)c2ccccc21. The monoisotopic (exact) mass is 424 g/mol. The van der Waals surface area contributed by atoms with Crippen molar-refractivity contribution in [1.29, 1.82) is 0 Å². The van der Waals surface area contributed by atoms with Crippen LogP contribution in [0.1, 0.15) is 45.1 Å². The van der Waals surface area contributed by atoms with Crippen LogP contribution in [-0.2, 0) is 29.3 Å². The zero-order valence-corrected chi connectivity index (χ0v) is 18.2. The van der Waals surface area contributed by atoms with E-state index in [0.29, 0.717) is 12.8 Å². The van der Waals surface area contributed by atoms with Gasteiger partial charge < -0.3 is 9.64 Å². The van der Waals surface area contributed by atoms with Gasteiger partial charge in [0.25, 0.3) is 0 Å². The molecule has 0 N–H and O–H groups in total. The first-order chi connectivity index (χ1) is 14.7. The number of nitrogens with zero attached hydrogens (tertiary/aromatic N) is 2. The van der Waals surface area contributed by atoms with Crippen LogP contribution in [0.3, 0.4) is 0 Å². The topological polar surface area (TPSA) is 84.0 Å². The summed E-state index contributed by atoms with van der Waals surface area (Å²) in [5, 5.41) is 0. The van der Waals surface area contributed by atoms with Crippen LogP contribution in [0.4, 0.5) is 5.69 Å². The Labute approximate surface area is 182 Å². The number of para-hydroxylation sites is 1. The number of amides is 2. The molecule has 2 fully saturated rings. The number of likely N-dealkylation sites (N-methyl/N-ethyl adjacent to an activating group) is 1. The van der Waals surface area contributed by atoms with Gasteiger partial charge in [-0.15, -0.1) is 0 Å². The normalized spacial score (nSPS) is 25.6. The number of carbonyl (C=O) groups is 4. The van der Waals surface area contributed by atoms with E-state index in [2.05, 4.69) is 0 Å². The van der Waals surface area contributed by atoms with Crippen molar-refractivity contribution < 1.29 is 23.9 Å². The second-order valence-corrected chi connectivity index (χ2v) is 9.12. The fourth-order valence-electron chi connectivity index (χ4n) is 5.17. The average molecular weight is 424 g/mol. The van der Waals surface area contributed by atoms with Gasteiger partial charge in [0.05, 0.1) is 11.8 Å². The lowest BCUT2D eigenvalue weighted by Gasteiger charge is -2.23. The summed E-state index contributed by atoms with van der Waals surface area (Å²) in [6.45, 7) is 3.24. The zero-order valence-electron chi connectivity index (χ0n) is 18.2. The fourth-order valence-corrected chi connectivity index (χ4v) is 5.17. The summed E-state index contributed by atoms with van der Waals surface area (Å²) in [5.41, 5.74) is 2.64. The van der Waals surface area contributed by atoms with Gasteiger partial charge in [0.15, 0.2) is 12.4 Å². The summed E-state index contributed by atoms with van der Waals surface area (Å²) < 4.78 is 5.11. The second kappa shape index (κ2) is 7.94. The van der Waals surface area contributed by atoms with E-state index in [4.69, 9.17) is 4.74 Å². The van der Waals surface area contributed by atoms with Crippen LogP contribution in [0.2, 0.25) is 0 Å². The number of allylic oxidation sites excluding steroid dienone is 1. The average Bonchev–Trinajstić information content (AvgIpc) is 3.11. The number of fused-ring (bicyclic) bond motifs is 2. The van der Waals surface area contributed by atoms with Gasteiger partial charge in [0.2, 0.25) is 11.8 Å². The number of anilines is 1. The van der Waals surface area contributed by atoms with E-state index >= 15 is 0 Å². The van der Waals surface area contributed by atoms with E-state index in [1.807, 2.05) is 50.1 Å². The molecular weight excluding hydrogens is 396 g/mol. The molecule has 0 bridgehead atoms. The highest BCUT2D eigenvalue weighted by Crippen LogP contribution is 2.46. The molecule has 7 heteroatoms. The lowest BCUT2D eigenvalue weighted by molar-refractivity contribution is -0.154. The summed E-state index contributed by atoms with van der Waals surface area (Å²) in [4.78, 5) is 52.7. The standard InChI is InChI=1S/C24H28N2O5/c1-24(2)18-10-6-7-11-19(18)25(3)20(24)12-15(27)14-31-21(28)13-26-22(29)16-8-4-5-9-17(16)23(26)30/h6-7,10-12,16-17H,4-5,8-9,13-14H2,1-3H3/b20-12-. The number of ketones is 1. The lowest BCUT2D eigenvalue weighted by atomic mass is 9.81. The van der Waals surface area contributed by atoms with Crippen LogP contribution in [0, 0.1) is 11.8 Å². The third kappa shape index (κ3) is 3.66. The molecule has 2 aliphatic heterocycles. The predicted molar refractivity (Wildman–Crippen MR) is 114 cm³/mol. The molecule has 1 aromatic carbocycles. The first-order valence-electron chi connectivity index (χ1n) is 10.8. The maximum atomic E-state index is 12.5. The second-order valence-electron chi connectivity index (χ2n) is 9.12. The van der Waals surface area contributed by atoms with Crippen molar-refractivity contribution in [3.63, 3.8) is 0 Å². The number of rotatable bonds is 5. The fraction of sp³-hybridized carbons (Fsp3) is 0.500. The Hall–Kier alpha value is -2.96. The largest absolute Gasteiger partial charge is 0.456 e. The van der Waals surface area contributed by atoms with Gasteiger partial charge in [-0.05, 0) is 24.5 Å². The number of esters is 1. The van der Waals surface area contributed by atoms with Gasteiger partial charge in [0, 0.05) is 29.9 Å². The molecule has 3 aliphatic rings. The maximum Gasteiger partial charge on any atom is 0.326 e. The molecule has 0 aromatic heterocycles. The van der Waals surface area contributed by atoms with Crippen LogP contribution >= 0.6 is 0 Å². The molecule has 1 aliphatic carbocycles. The Bertz CT molecular complexity index is 956. The minimum absolute atomic E-state index is 0.285. The quantitative estimate of drug-likeness (QED) is 0.410. The van der Waals surface area contributed by atoms with E-state index in [1.165, 1.54) is 6.08 Å². The van der Waals surface area contributed by atoms with Gasteiger partial charge in [-0.3, -0.25) is 24.1 Å².